The first-order chi connectivity index (χ1) is 10.3. The average molecular weight is 290 g/mol. The molecule has 2 aromatic rings. The van der Waals surface area contributed by atoms with Gasteiger partial charge in [0.2, 0.25) is 0 Å². The van der Waals surface area contributed by atoms with Crippen LogP contribution in [-0.2, 0) is 0 Å². The summed E-state index contributed by atoms with van der Waals surface area (Å²) in [6.07, 6.45) is 0. The molecule has 0 aliphatic rings. The molecule has 0 N–H and O–H groups in total. The molecular weight excluding hydrogens is 264 g/mol. The van der Waals surface area contributed by atoms with Crippen LogP contribution in [0.25, 0.3) is 0 Å². The Morgan fingerprint density at radius 3 is 1.95 bits per heavy atom. The largest absolute Gasteiger partial charge is 0.0891 e. The zero-order chi connectivity index (χ0) is 16.3. The first-order valence-electron chi connectivity index (χ1n) is 7.93. The van der Waals surface area contributed by atoms with Crippen LogP contribution in [0.4, 0.5) is 0 Å². The first-order valence-corrected chi connectivity index (χ1v) is 7.93. The fourth-order valence-corrected chi connectivity index (χ4v) is 2.70. The quantitative estimate of drug-likeness (QED) is 0.583. The van der Waals surface area contributed by atoms with Crippen LogP contribution in [0.3, 0.4) is 0 Å². The second kappa shape index (κ2) is 6.41. The van der Waals surface area contributed by atoms with Crippen LogP contribution >= 0.6 is 0 Å². The van der Waals surface area contributed by atoms with E-state index >= 15 is 0 Å². The zero-order valence-electron chi connectivity index (χ0n) is 14.6. The lowest BCUT2D eigenvalue weighted by Crippen LogP contribution is -2.18. The van der Waals surface area contributed by atoms with E-state index < -0.39 is 0 Å². The molecule has 2 rings (SSSR count). The SMILES string of the molecule is Cc1ccc(C#CC(c2ccc(C)cc2C)C(C)(C)C)cc1. The lowest BCUT2D eigenvalue weighted by atomic mass is 9.75. The van der Waals surface area contributed by atoms with Gasteiger partial charge in [-0.15, -0.1) is 0 Å². The Kier molecular flexibility index (Phi) is 4.77. The topological polar surface area (TPSA) is 0 Å². The Morgan fingerprint density at radius 1 is 0.818 bits per heavy atom. The van der Waals surface area contributed by atoms with E-state index in [2.05, 4.69) is 95.8 Å². The second-order valence-electron chi connectivity index (χ2n) is 7.29. The molecular formula is C22H26. The van der Waals surface area contributed by atoms with Gasteiger partial charge in [0.25, 0.3) is 0 Å². The molecule has 0 fully saturated rings. The number of benzene rings is 2. The standard InChI is InChI=1S/C22H26/c1-16-7-10-19(11-8-16)12-14-21(22(4,5)6)20-13-9-17(2)15-18(20)3/h7-11,13,15,21H,1-6H3. The minimum atomic E-state index is 0.109. The molecule has 0 saturated heterocycles. The Morgan fingerprint density at radius 2 is 1.41 bits per heavy atom. The summed E-state index contributed by atoms with van der Waals surface area (Å²) >= 11 is 0. The Bertz CT molecular complexity index is 700. The molecule has 0 heterocycles. The molecule has 0 radical (unpaired) electrons. The number of hydrogen-bond donors (Lipinski definition) is 0. The molecule has 0 amide bonds. The van der Waals surface area contributed by atoms with Gasteiger partial charge in [-0.1, -0.05) is 74.1 Å². The van der Waals surface area contributed by atoms with Gasteiger partial charge >= 0.3 is 0 Å². The molecule has 0 saturated carbocycles. The summed E-state index contributed by atoms with van der Waals surface area (Å²) < 4.78 is 0. The normalized spacial score (nSPS) is 12.5. The molecule has 1 unspecified atom stereocenters. The highest BCUT2D eigenvalue weighted by molar-refractivity contribution is 5.43. The van der Waals surface area contributed by atoms with Crippen LogP contribution in [-0.4, -0.2) is 0 Å². The van der Waals surface area contributed by atoms with Gasteiger partial charge in [-0.05, 0) is 49.4 Å². The van der Waals surface area contributed by atoms with Gasteiger partial charge in [-0.2, -0.15) is 0 Å². The van der Waals surface area contributed by atoms with Crippen molar-refractivity contribution >= 4 is 0 Å². The summed E-state index contributed by atoms with van der Waals surface area (Å²) in [5, 5.41) is 0. The van der Waals surface area contributed by atoms with Crippen LogP contribution in [0.5, 0.6) is 0 Å². The molecule has 0 aliphatic carbocycles. The highest BCUT2D eigenvalue weighted by Gasteiger charge is 2.25. The molecule has 0 bridgehead atoms. The van der Waals surface area contributed by atoms with Crippen molar-refractivity contribution in [3.8, 4) is 11.8 Å². The predicted molar refractivity (Wildman–Crippen MR) is 96.2 cm³/mol. The van der Waals surface area contributed by atoms with Crippen LogP contribution < -0.4 is 0 Å². The Hall–Kier alpha value is -2.00. The summed E-state index contributed by atoms with van der Waals surface area (Å²) in [5.74, 6) is 7.12. The van der Waals surface area contributed by atoms with E-state index in [0.717, 1.165) is 5.56 Å². The molecule has 22 heavy (non-hydrogen) atoms. The third kappa shape index (κ3) is 4.01. The van der Waals surface area contributed by atoms with E-state index in [1.807, 2.05) is 0 Å². The number of aryl methyl sites for hydroxylation is 3. The van der Waals surface area contributed by atoms with Gasteiger partial charge in [0.05, 0.1) is 5.92 Å². The summed E-state index contributed by atoms with van der Waals surface area (Å²) in [6, 6.07) is 15.1. The zero-order valence-corrected chi connectivity index (χ0v) is 14.6. The Balaban J connectivity index is 2.42. The van der Waals surface area contributed by atoms with Crippen molar-refractivity contribution in [3.63, 3.8) is 0 Å². The number of hydrogen-bond acceptors (Lipinski definition) is 0. The maximum absolute atomic E-state index is 3.52. The molecule has 0 heteroatoms. The maximum Gasteiger partial charge on any atom is 0.0506 e. The van der Waals surface area contributed by atoms with Crippen molar-refractivity contribution in [1.29, 1.82) is 0 Å². The van der Waals surface area contributed by atoms with Crippen LogP contribution in [0.2, 0.25) is 0 Å². The third-order valence-electron chi connectivity index (χ3n) is 4.01. The van der Waals surface area contributed by atoms with E-state index in [1.54, 1.807) is 0 Å². The molecule has 1 atom stereocenters. The fraction of sp³-hybridized carbons (Fsp3) is 0.364. The summed E-state index contributed by atoms with van der Waals surface area (Å²) in [6.45, 7) is 13.2. The van der Waals surface area contributed by atoms with Gasteiger partial charge in [-0.3, -0.25) is 0 Å². The van der Waals surface area contributed by atoms with Crippen molar-refractivity contribution in [2.75, 3.05) is 0 Å². The molecule has 0 spiro atoms. The minimum Gasteiger partial charge on any atom is -0.0891 e. The minimum absolute atomic E-state index is 0.109. The molecule has 0 aromatic heterocycles. The van der Waals surface area contributed by atoms with E-state index in [9.17, 15) is 0 Å². The van der Waals surface area contributed by atoms with Crippen molar-refractivity contribution < 1.29 is 0 Å². The van der Waals surface area contributed by atoms with Gasteiger partial charge in [0.1, 0.15) is 0 Å². The van der Waals surface area contributed by atoms with Gasteiger partial charge < -0.3 is 0 Å². The second-order valence-corrected chi connectivity index (χ2v) is 7.29. The van der Waals surface area contributed by atoms with Crippen molar-refractivity contribution in [2.45, 2.75) is 47.5 Å². The lowest BCUT2D eigenvalue weighted by Gasteiger charge is -2.28. The predicted octanol–water partition coefficient (Wildman–Crippen LogP) is 5.79. The monoisotopic (exact) mass is 290 g/mol. The summed E-state index contributed by atoms with van der Waals surface area (Å²) in [5.41, 5.74) is 6.45. The summed E-state index contributed by atoms with van der Waals surface area (Å²) in [4.78, 5) is 0. The van der Waals surface area contributed by atoms with E-state index in [1.165, 1.54) is 22.3 Å². The highest BCUT2D eigenvalue weighted by Crippen LogP contribution is 2.36. The van der Waals surface area contributed by atoms with Gasteiger partial charge in [0, 0.05) is 5.56 Å². The molecule has 2 aromatic carbocycles. The molecule has 0 nitrogen and oxygen atoms in total. The highest BCUT2D eigenvalue weighted by atomic mass is 14.3. The lowest BCUT2D eigenvalue weighted by molar-refractivity contribution is 0.374. The van der Waals surface area contributed by atoms with E-state index in [-0.39, 0.29) is 11.3 Å². The van der Waals surface area contributed by atoms with Crippen molar-refractivity contribution in [1.82, 2.24) is 0 Å². The Labute approximate surface area is 135 Å². The molecule has 114 valence electrons. The first kappa shape index (κ1) is 16.4. The smallest absolute Gasteiger partial charge is 0.0506 e. The average Bonchev–Trinajstić information content (AvgIpc) is 2.42. The van der Waals surface area contributed by atoms with Gasteiger partial charge in [0.15, 0.2) is 0 Å². The van der Waals surface area contributed by atoms with E-state index in [4.69, 9.17) is 0 Å². The van der Waals surface area contributed by atoms with Gasteiger partial charge in [-0.25, -0.2) is 0 Å². The van der Waals surface area contributed by atoms with Crippen molar-refractivity contribution in [3.05, 3.63) is 70.3 Å². The third-order valence-corrected chi connectivity index (χ3v) is 4.01. The summed E-state index contributed by atoms with van der Waals surface area (Å²) in [7, 11) is 0. The number of rotatable bonds is 1. The van der Waals surface area contributed by atoms with E-state index in [0.29, 0.717) is 0 Å². The van der Waals surface area contributed by atoms with Crippen LogP contribution in [0, 0.1) is 38.0 Å². The fourth-order valence-electron chi connectivity index (χ4n) is 2.70. The van der Waals surface area contributed by atoms with Crippen molar-refractivity contribution in [2.24, 2.45) is 5.41 Å². The maximum atomic E-state index is 3.52. The molecule has 0 aliphatic heterocycles. The van der Waals surface area contributed by atoms with Crippen LogP contribution in [0.1, 0.15) is 54.5 Å². The van der Waals surface area contributed by atoms with Crippen LogP contribution in [0.15, 0.2) is 42.5 Å².